The van der Waals surface area contributed by atoms with Gasteiger partial charge in [-0.25, -0.2) is 9.78 Å². The first-order valence-corrected chi connectivity index (χ1v) is 9.35. The number of hydrogen-bond acceptors (Lipinski definition) is 2. The molecule has 1 heterocycles. The number of carboxylic acid groups (broad SMARTS) is 1. The van der Waals surface area contributed by atoms with Gasteiger partial charge in [0.25, 0.3) is 0 Å². The summed E-state index contributed by atoms with van der Waals surface area (Å²) in [6.45, 7) is 0. The smallest absolute Gasteiger partial charge is 0.337 e. The van der Waals surface area contributed by atoms with Crippen LogP contribution in [0.25, 0.3) is 21.8 Å². The van der Waals surface area contributed by atoms with Gasteiger partial charge in [-0.15, -0.1) is 10.9 Å². The van der Waals surface area contributed by atoms with E-state index in [-0.39, 0.29) is 5.56 Å². The summed E-state index contributed by atoms with van der Waals surface area (Å²) in [5.41, 5.74) is 5.60. The second-order valence-corrected chi connectivity index (χ2v) is 6.67. The summed E-state index contributed by atoms with van der Waals surface area (Å²) in [6, 6.07) is 23.0. The predicted molar refractivity (Wildman–Crippen MR) is 115 cm³/mol. The zero-order valence-corrected chi connectivity index (χ0v) is 15.1. The second kappa shape index (κ2) is 7.43. The van der Waals surface area contributed by atoms with Crippen molar-refractivity contribution >= 4 is 55.3 Å². The van der Waals surface area contributed by atoms with E-state index < -0.39 is 5.97 Å². The summed E-state index contributed by atoms with van der Waals surface area (Å²) in [6.07, 6.45) is 0. The molecule has 4 aromatic rings. The van der Waals surface area contributed by atoms with Gasteiger partial charge >= 0.3 is 5.97 Å². The zero-order chi connectivity index (χ0) is 18.6. The number of carbonyl (C=O) groups is 1. The van der Waals surface area contributed by atoms with Crippen molar-refractivity contribution in [1.82, 2.24) is 4.98 Å². The van der Waals surface area contributed by atoms with Crippen LogP contribution in [0.3, 0.4) is 0 Å². The lowest BCUT2D eigenvalue weighted by Crippen LogP contribution is -2.03. The van der Waals surface area contributed by atoms with Crippen molar-refractivity contribution in [2.45, 2.75) is 0 Å². The van der Waals surface area contributed by atoms with Gasteiger partial charge in [-0.05, 0) is 24.3 Å². The molecule has 1 aromatic heterocycles. The fourth-order valence-corrected chi connectivity index (χ4v) is 3.65. The van der Waals surface area contributed by atoms with Gasteiger partial charge in [0.2, 0.25) is 0 Å². The van der Waals surface area contributed by atoms with Crippen LogP contribution in [0.15, 0.2) is 72.8 Å². The van der Waals surface area contributed by atoms with Gasteiger partial charge in [0, 0.05) is 21.7 Å². The molecule has 27 heavy (non-hydrogen) atoms. The van der Waals surface area contributed by atoms with Gasteiger partial charge in [-0.1, -0.05) is 48.5 Å². The average molecular weight is 372 g/mol. The summed E-state index contributed by atoms with van der Waals surface area (Å²) in [7, 11) is 1.47. The first-order valence-electron chi connectivity index (χ1n) is 8.41. The van der Waals surface area contributed by atoms with Crippen molar-refractivity contribution in [1.29, 1.82) is 0 Å². The van der Waals surface area contributed by atoms with E-state index in [4.69, 9.17) is 4.98 Å². The zero-order valence-electron chi connectivity index (χ0n) is 14.3. The number of aromatic carboxylic acids is 1. The lowest BCUT2D eigenvalue weighted by molar-refractivity contribution is 0.0698. The van der Waals surface area contributed by atoms with Crippen LogP contribution in [0.5, 0.6) is 0 Å². The molecule has 4 rings (SSSR count). The Morgan fingerprint density at radius 3 is 2.15 bits per heavy atom. The number of benzene rings is 3. The minimum atomic E-state index is -0.952. The summed E-state index contributed by atoms with van der Waals surface area (Å²) in [4.78, 5) is 16.0. The molecule has 2 N–H and O–H groups in total. The monoisotopic (exact) mass is 372 g/mol. The van der Waals surface area contributed by atoms with Gasteiger partial charge < -0.3 is 10.4 Å². The molecular formula is C22H16N2O2S. The number of carboxylic acids is 1. The summed E-state index contributed by atoms with van der Waals surface area (Å²) in [5, 5.41) is 16.6. The largest absolute Gasteiger partial charge is 0.478 e. The van der Waals surface area contributed by atoms with Gasteiger partial charge in [0.15, 0.2) is 0 Å². The summed E-state index contributed by atoms with van der Waals surface area (Å²) in [5.74, 6) is -0.952. The Morgan fingerprint density at radius 1 is 0.889 bits per heavy atom. The first kappa shape index (κ1) is 17.0. The third kappa shape index (κ3) is 3.45. The number of nitrogens with one attached hydrogen (secondary N) is 1. The summed E-state index contributed by atoms with van der Waals surface area (Å²) < 4.78 is 0. The first-order chi connectivity index (χ1) is 13.2. The average Bonchev–Trinajstić information content (AvgIpc) is 2.70. The van der Waals surface area contributed by atoms with Crippen LogP contribution in [-0.2, 0) is 0 Å². The normalized spacial score (nSPS) is 10.5. The van der Waals surface area contributed by atoms with Crippen LogP contribution >= 0.6 is 10.9 Å². The van der Waals surface area contributed by atoms with E-state index in [9.17, 15) is 9.90 Å². The van der Waals surface area contributed by atoms with Gasteiger partial charge in [0.1, 0.15) is 0 Å². The Kier molecular flexibility index (Phi) is 4.68. The van der Waals surface area contributed by atoms with Crippen molar-refractivity contribution < 1.29 is 9.90 Å². The third-order valence-corrected chi connectivity index (χ3v) is 4.88. The Labute approximate surface area is 159 Å². The lowest BCUT2D eigenvalue weighted by Gasteiger charge is -2.06. The molecule has 5 heteroatoms. The molecule has 0 amide bonds. The maximum atomic E-state index is 11.3. The van der Waals surface area contributed by atoms with Crippen LogP contribution in [0.1, 0.15) is 15.9 Å². The fourth-order valence-electron chi connectivity index (χ4n) is 2.99. The molecule has 0 aliphatic carbocycles. The number of pyridine rings is 1. The second-order valence-electron chi connectivity index (χ2n) is 5.93. The van der Waals surface area contributed by atoms with E-state index in [1.54, 1.807) is 29.8 Å². The Hall–Kier alpha value is -3.44. The Balaban J connectivity index is 1.76. The minimum absolute atomic E-state index is 0.245. The molecule has 3 aromatic carbocycles. The van der Waals surface area contributed by atoms with E-state index >= 15 is 0 Å². The van der Waals surface area contributed by atoms with E-state index in [2.05, 4.69) is 22.8 Å². The predicted octanol–water partition coefficient (Wildman–Crippen LogP) is 4.84. The van der Waals surface area contributed by atoms with Crippen molar-refractivity contribution in [3.8, 4) is 0 Å². The van der Waals surface area contributed by atoms with Gasteiger partial charge in [0.05, 0.1) is 27.8 Å². The molecule has 0 saturated carbocycles. The molecule has 132 valence electrons. The molecular weight excluding hydrogens is 356 g/mol. The van der Waals surface area contributed by atoms with Crippen LogP contribution in [0.4, 0.5) is 5.69 Å². The Bertz CT molecular complexity index is 1170. The number of hydrogen-bond donors (Lipinski definition) is 2. The number of anilines is 1. The molecule has 0 fully saturated rings. The molecule has 0 atom stereocenters. The third-order valence-electron chi connectivity index (χ3n) is 4.26. The molecule has 0 spiro atoms. The maximum Gasteiger partial charge on any atom is 0.337 e. The van der Waals surface area contributed by atoms with Crippen molar-refractivity contribution in [3.63, 3.8) is 0 Å². The highest BCUT2D eigenvalue weighted by Crippen LogP contribution is 2.24. The molecule has 0 radical (unpaired) electrons. The van der Waals surface area contributed by atoms with Crippen LogP contribution < -0.4 is 5.32 Å². The highest BCUT2D eigenvalue weighted by atomic mass is 32.1. The Morgan fingerprint density at radius 2 is 1.48 bits per heavy atom. The SMILES string of the molecule is O=C(O)c1ccccc1NC=S=Cc1c2ccccc2nc2ccccc12. The highest BCUT2D eigenvalue weighted by molar-refractivity contribution is 7.96. The molecule has 0 aliphatic heterocycles. The molecule has 0 unspecified atom stereocenters. The number of rotatable bonds is 4. The standard InChI is InChI=1S/C22H16N2O2S/c25-22(26)17-9-3-4-10-19(17)23-14-27-13-18-15-7-1-5-11-20(15)24-21-12-6-2-8-16(18)21/h1-14,23H,(H,25,26). The number of aromatic nitrogens is 1. The minimum Gasteiger partial charge on any atom is -0.478 e. The number of nitrogens with zero attached hydrogens (tertiary/aromatic N) is 1. The molecule has 0 bridgehead atoms. The van der Waals surface area contributed by atoms with Crippen molar-refractivity contribution in [2.75, 3.05) is 5.32 Å². The van der Waals surface area contributed by atoms with Crippen molar-refractivity contribution in [2.24, 2.45) is 0 Å². The fraction of sp³-hybridized carbons (Fsp3) is 0. The number of fused-ring (bicyclic) bond motifs is 2. The quantitative estimate of drug-likeness (QED) is 0.397. The molecule has 0 aliphatic rings. The number of para-hydroxylation sites is 3. The highest BCUT2D eigenvalue weighted by Gasteiger charge is 2.07. The van der Waals surface area contributed by atoms with Crippen molar-refractivity contribution in [3.05, 3.63) is 83.9 Å². The van der Waals surface area contributed by atoms with E-state index in [1.807, 2.05) is 36.4 Å². The van der Waals surface area contributed by atoms with E-state index in [1.165, 1.54) is 10.9 Å². The van der Waals surface area contributed by atoms with Gasteiger partial charge in [-0.2, -0.15) is 0 Å². The van der Waals surface area contributed by atoms with E-state index in [0.29, 0.717) is 5.69 Å². The van der Waals surface area contributed by atoms with Crippen LogP contribution in [0, 0.1) is 0 Å². The summed E-state index contributed by atoms with van der Waals surface area (Å²) >= 11 is 0. The van der Waals surface area contributed by atoms with E-state index in [0.717, 1.165) is 27.4 Å². The van der Waals surface area contributed by atoms with Crippen LogP contribution in [0.2, 0.25) is 0 Å². The molecule has 0 saturated heterocycles. The lowest BCUT2D eigenvalue weighted by atomic mass is 10.0. The van der Waals surface area contributed by atoms with Crippen LogP contribution in [-0.4, -0.2) is 26.9 Å². The maximum absolute atomic E-state index is 11.3. The van der Waals surface area contributed by atoms with Gasteiger partial charge in [-0.3, -0.25) is 0 Å². The topological polar surface area (TPSA) is 62.2 Å². The molecule has 4 nitrogen and oxygen atoms in total.